The highest BCUT2D eigenvalue weighted by Crippen LogP contribution is 2.23. The van der Waals surface area contributed by atoms with Crippen LogP contribution in [0.1, 0.15) is 18.4 Å². The number of furan rings is 1. The Labute approximate surface area is 183 Å². The van der Waals surface area contributed by atoms with Gasteiger partial charge in [-0.25, -0.2) is 18.1 Å². The van der Waals surface area contributed by atoms with Crippen molar-refractivity contribution >= 4 is 43.4 Å². The Bertz CT molecular complexity index is 1120. The monoisotopic (exact) mass is 495 g/mol. The van der Waals surface area contributed by atoms with E-state index < -0.39 is 10.0 Å². The van der Waals surface area contributed by atoms with Gasteiger partial charge in [0.05, 0.1) is 22.5 Å². The first-order valence-corrected chi connectivity index (χ1v) is 11.4. The Balaban J connectivity index is 1.74. The number of hydrogen-bond donors (Lipinski definition) is 4. The molecule has 1 atom stereocenters. The maximum atomic E-state index is 12.6. The number of aromatic nitrogens is 2. The van der Waals surface area contributed by atoms with Crippen molar-refractivity contribution in [1.82, 2.24) is 14.7 Å². The van der Waals surface area contributed by atoms with Gasteiger partial charge < -0.3 is 20.2 Å². The van der Waals surface area contributed by atoms with Crippen LogP contribution in [0.25, 0.3) is 0 Å². The summed E-state index contributed by atoms with van der Waals surface area (Å²) in [7, 11) is -3.74. The summed E-state index contributed by atoms with van der Waals surface area (Å²) >= 11 is 3.36. The van der Waals surface area contributed by atoms with E-state index in [1.807, 2.05) is 6.92 Å². The van der Waals surface area contributed by atoms with E-state index in [4.69, 9.17) is 4.42 Å². The van der Waals surface area contributed by atoms with Gasteiger partial charge in [0.15, 0.2) is 0 Å². The lowest BCUT2D eigenvalue weighted by Crippen LogP contribution is -2.23. The molecule has 11 heteroatoms. The van der Waals surface area contributed by atoms with Gasteiger partial charge in [-0.3, -0.25) is 0 Å². The number of rotatable bonds is 9. The molecule has 0 aliphatic carbocycles. The van der Waals surface area contributed by atoms with Gasteiger partial charge in [-0.15, -0.1) is 0 Å². The van der Waals surface area contributed by atoms with Crippen molar-refractivity contribution in [3.8, 4) is 0 Å². The highest BCUT2D eigenvalue weighted by Gasteiger charge is 2.16. The predicted molar refractivity (Wildman–Crippen MR) is 117 cm³/mol. The quantitative estimate of drug-likeness (QED) is 0.356. The van der Waals surface area contributed by atoms with Crippen LogP contribution in [0.5, 0.6) is 0 Å². The molecule has 0 bridgehead atoms. The van der Waals surface area contributed by atoms with Crippen LogP contribution in [0.3, 0.4) is 0 Å². The first-order chi connectivity index (χ1) is 14.3. The zero-order valence-corrected chi connectivity index (χ0v) is 18.8. The van der Waals surface area contributed by atoms with Crippen molar-refractivity contribution in [2.75, 3.05) is 17.2 Å². The minimum atomic E-state index is -3.74. The molecule has 160 valence electrons. The smallest absolute Gasteiger partial charge is 0.241 e. The molecule has 0 radical (unpaired) electrons. The summed E-state index contributed by atoms with van der Waals surface area (Å²) in [5.74, 6) is 2.03. The zero-order valence-electron chi connectivity index (χ0n) is 16.4. The minimum absolute atomic E-state index is 0.0519. The van der Waals surface area contributed by atoms with Crippen LogP contribution in [0.4, 0.5) is 17.5 Å². The van der Waals surface area contributed by atoms with E-state index in [1.165, 1.54) is 12.1 Å². The lowest BCUT2D eigenvalue weighted by molar-refractivity contribution is 0.281. The van der Waals surface area contributed by atoms with Crippen molar-refractivity contribution in [2.45, 2.75) is 31.3 Å². The summed E-state index contributed by atoms with van der Waals surface area (Å²) < 4.78 is 33.8. The molecule has 2 heterocycles. The summed E-state index contributed by atoms with van der Waals surface area (Å²) in [4.78, 5) is 8.64. The minimum Gasteiger partial charge on any atom is -0.465 e. The number of nitrogens with one attached hydrogen (secondary N) is 3. The number of hydrogen-bond acceptors (Lipinski definition) is 8. The van der Waals surface area contributed by atoms with Crippen LogP contribution < -0.4 is 15.4 Å². The molecule has 9 nitrogen and oxygen atoms in total. The molecule has 0 fully saturated rings. The average molecular weight is 496 g/mol. The molecule has 0 aliphatic rings. The molecule has 3 rings (SSSR count). The van der Waals surface area contributed by atoms with Gasteiger partial charge in [-0.1, -0.05) is 6.07 Å². The molecule has 0 amide bonds. The highest BCUT2D eigenvalue weighted by molar-refractivity contribution is 9.10. The van der Waals surface area contributed by atoms with Gasteiger partial charge in [0.25, 0.3) is 0 Å². The van der Waals surface area contributed by atoms with Gasteiger partial charge in [-0.2, -0.15) is 4.98 Å². The SMILES string of the molecule is Cc1ccc(CNS(=O)(=O)c2cccc(Nc3ncc(Br)c(N[C@H](C)CO)n3)c2)o1. The normalized spacial score (nSPS) is 12.5. The van der Waals surface area contributed by atoms with Gasteiger partial charge in [-0.05, 0) is 60.1 Å². The molecule has 0 saturated carbocycles. The molecule has 0 unspecified atom stereocenters. The first-order valence-electron chi connectivity index (χ1n) is 9.09. The van der Waals surface area contributed by atoms with E-state index >= 15 is 0 Å². The van der Waals surface area contributed by atoms with Crippen LogP contribution in [0, 0.1) is 6.92 Å². The van der Waals surface area contributed by atoms with E-state index in [-0.39, 0.29) is 30.0 Å². The maximum Gasteiger partial charge on any atom is 0.241 e. The Morgan fingerprint density at radius 1 is 1.27 bits per heavy atom. The number of aryl methyl sites for hydroxylation is 1. The summed E-state index contributed by atoms with van der Waals surface area (Å²) in [6.45, 7) is 3.61. The number of benzene rings is 1. The number of aliphatic hydroxyl groups is 1. The van der Waals surface area contributed by atoms with Crippen LogP contribution in [0.15, 0.2) is 56.4 Å². The van der Waals surface area contributed by atoms with E-state index in [9.17, 15) is 13.5 Å². The number of anilines is 3. The van der Waals surface area contributed by atoms with Gasteiger partial charge in [0, 0.05) is 17.9 Å². The first kappa shape index (κ1) is 22.2. The second kappa shape index (κ2) is 9.56. The molecule has 3 aromatic rings. The second-order valence-electron chi connectivity index (χ2n) is 6.61. The van der Waals surface area contributed by atoms with Crippen LogP contribution in [-0.2, 0) is 16.6 Å². The average Bonchev–Trinajstić information content (AvgIpc) is 3.14. The number of sulfonamides is 1. The van der Waals surface area contributed by atoms with Crippen molar-refractivity contribution in [3.63, 3.8) is 0 Å². The standard InChI is InChI=1S/C19H22BrN5O4S/c1-12(11-26)23-18-17(20)10-21-19(25-18)24-14-4-3-5-16(8-14)30(27,28)22-9-15-7-6-13(2)29-15/h3-8,10,12,22,26H,9,11H2,1-2H3,(H2,21,23,24,25)/t12-/m1/s1. The summed E-state index contributed by atoms with van der Waals surface area (Å²) in [5, 5.41) is 15.3. The molecule has 0 aliphatic heterocycles. The number of aliphatic hydroxyl groups excluding tert-OH is 1. The Morgan fingerprint density at radius 2 is 2.07 bits per heavy atom. The summed E-state index contributed by atoms with van der Waals surface area (Å²) in [6.07, 6.45) is 1.56. The molecule has 0 saturated heterocycles. The van der Waals surface area contributed by atoms with E-state index in [1.54, 1.807) is 37.4 Å². The third-order valence-electron chi connectivity index (χ3n) is 4.03. The van der Waals surface area contributed by atoms with Crippen molar-refractivity contribution in [1.29, 1.82) is 0 Å². The van der Waals surface area contributed by atoms with E-state index in [2.05, 4.69) is 41.3 Å². The van der Waals surface area contributed by atoms with Gasteiger partial charge >= 0.3 is 0 Å². The maximum absolute atomic E-state index is 12.6. The fourth-order valence-corrected chi connectivity index (χ4v) is 3.85. The Morgan fingerprint density at radius 3 is 2.77 bits per heavy atom. The molecular formula is C19H22BrN5O4S. The molecule has 0 spiro atoms. The number of nitrogens with zero attached hydrogens (tertiary/aromatic N) is 2. The zero-order chi connectivity index (χ0) is 21.7. The van der Waals surface area contributed by atoms with Crippen molar-refractivity contribution in [3.05, 3.63) is 58.6 Å². The highest BCUT2D eigenvalue weighted by atomic mass is 79.9. The summed E-state index contributed by atoms with van der Waals surface area (Å²) in [6, 6.07) is 9.63. The van der Waals surface area contributed by atoms with Gasteiger partial charge in [0.1, 0.15) is 17.3 Å². The third-order valence-corrected chi connectivity index (χ3v) is 6.01. The predicted octanol–water partition coefficient (Wildman–Crippen LogP) is 3.16. The lowest BCUT2D eigenvalue weighted by Gasteiger charge is -2.14. The largest absolute Gasteiger partial charge is 0.465 e. The topological polar surface area (TPSA) is 129 Å². The fraction of sp³-hybridized carbons (Fsp3) is 0.263. The third kappa shape index (κ3) is 5.79. The van der Waals surface area contributed by atoms with Crippen molar-refractivity contribution in [2.24, 2.45) is 0 Å². The fourth-order valence-electron chi connectivity index (χ4n) is 2.51. The number of halogens is 1. The Kier molecular flexibility index (Phi) is 7.08. The van der Waals surface area contributed by atoms with E-state index in [0.29, 0.717) is 27.5 Å². The molecule has 30 heavy (non-hydrogen) atoms. The lowest BCUT2D eigenvalue weighted by atomic mass is 10.3. The molecular weight excluding hydrogens is 474 g/mol. The van der Waals surface area contributed by atoms with Crippen LogP contribution in [0.2, 0.25) is 0 Å². The van der Waals surface area contributed by atoms with Crippen molar-refractivity contribution < 1.29 is 17.9 Å². The molecule has 4 N–H and O–H groups in total. The van der Waals surface area contributed by atoms with Gasteiger partial charge in [0.2, 0.25) is 16.0 Å². The summed E-state index contributed by atoms with van der Waals surface area (Å²) in [5.41, 5.74) is 0.509. The molecule has 2 aromatic heterocycles. The second-order valence-corrected chi connectivity index (χ2v) is 9.23. The molecule has 1 aromatic carbocycles. The Hall–Kier alpha value is -2.47. The van der Waals surface area contributed by atoms with Crippen LogP contribution in [-0.4, -0.2) is 36.1 Å². The van der Waals surface area contributed by atoms with Crippen LogP contribution >= 0.6 is 15.9 Å². The van der Waals surface area contributed by atoms with E-state index in [0.717, 1.165) is 0 Å².